The van der Waals surface area contributed by atoms with Crippen LogP contribution in [0, 0.1) is 0 Å². The minimum absolute atomic E-state index is 3.66. The number of hydrogen-bond acceptors (Lipinski definition) is 2. The average molecular weight is 218 g/mol. The molecule has 0 aromatic carbocycles. The summed E-state index contributed by atoms with van der Waals surface area (Å²) < 4.78 is 24.0. The SMILES string of the molecule is O=S(=O)(O)[P+](Cl)(Cl)Cl. The van der Waals surface area contributed by atoms with Crippen LogP contribution in [0.3, 0.4) is 0 Å². The maximum absolute atomic E-state index is 9.86. The van der Waals surface area contributed by atoms with Crippen molar-refractivity contribution in [2.45, 2.75) is 0 Å². The lowest BCUT2D eigenvalue weighted by Crippen LogP contribution is -1.89. The van der Waals surface area contributed by atoms with Gasteiger partial charge in [-0.15, -0.1) is 0 Å². The molecule has 0 heterocycles. The topological polar surface area (TPSA) is 54.4 Å². The molecule has 1 N–H and O–H groups in total. The van der Waals surface area contributed by atoms with E-state index in [4.69, 9.17) is 38.3 Å². The third-order valence-corrected chi connectivity index (χ3v) is 7.06. The van der Waals surface area contributed by atoms with E-state index in [0.29, 0.717) is 0 Å². The second kappa shape index (κ2) is 2.45. The Morgan fingerprint density at radius 2 is 1.38 bits per heavy atom. The lowest BCUT2D eigenvalue weighted by molar-refractivity contribution is 0.502. The van der Waals surface area contributed by atoms with Gasteiger partial charge in [-0.05, 0) is 0 Å². The Hall–Kier alpha value is 1.21. The molecule has 0 bridgehead atoms. The Kier molecular flexibility index (Phi) is 2.82. The van der Waals surface area contributed by atoms with E-state index in [1.54, 1.807) is 0 Å². The molecular weight excluding hydrogens is 217 g/mol. The Bertz CT molecular complexity index is 163. The van der Waals surface area contributed by atoms with Crippen molar-refractivity contribution in [3.8, 4) is 0 Å². The summed E-state index contributed by atoms with van der Waals surface area (Å²) in [6.45, 7) is 0. The van der Waals surface area contributed by atoms with Crippen LogP contribution < -0.4 is 0 Å². The molecule has 0 saturated heterocycles. The van der Waals surface area contributed by atoms with Crippen LogP contribution in [-0.4, -0.2) is 13.0 Å². The number of hydrogen-bond donors (Lipinski definition) is 1. The standard InChI is InChI=1S/Cl3O3PS/c1-7(2,3)8(4,5)6/p+1. The molecule has 0 rings (SSSR count). The summed E-state index contributed by atoms with van der Waals surface area (Å²) in [5, 5.41) is 0. The van der Waals surface area contributed by atoms with Crippen LogP contribution >= 0.6 is 38.2 Å². The van der Waals surface area contributed by atoms with Gasteiger partial charge in [-0.1, -0.05) is 0 Å². The van der Waals surface area contributed by atoms with Gasteiger partial charge in [0.2, 0.25) is 0 Å². The van der Waals surface area contributed by atoms with Crippen molar-refractivity contribution in [2.75, 3.05) is 0 Å². The van der Waals surface area contributed by atoms with Crippen LogP contribution in [-0.2, 0) is 9.74 Å². The summed E-state index contributed by atoms with van der Waals surface area (Å²) in [7, 11) is -4.43. The maximum atomic E-state index is 9.86. The van der Waals surface area contributed by atoms with Crippen LogP contribution in [0.1, 0.15) is 0 Å². The fourth-order valence-corrected chi connectivity index (χ4v) is 0. The third-order valence-electron chi connectivity index (χ3n) is 0.262. The predicted molar refractivity (Wildman–Crippen MR) is 36.0 cm³/mol. The van der Waals surface area contributed by atoms with Gasteiger partial charge in [0.15, 0.2) is 33.7 Å². The monoisotopic (exact) mass is 217 g/mol. The maximum Gasteiger partial charge on any atom is 0.449 e. The van der Waals surface area contributed by atoms with Crippen molar-refractivity contribution in [1.82, 2.24) is 0 Å². The highest BCUT2D eigenvalue weighted by Crippen LogP contribution is 2.77. The molecular formula is HCl3O3PS+. The lowest BCUT2D eigenvalue weighted by Gasteiger charge is -1.89. The summed E-state index contributed by atoms with van der Waals surface area (Å²) in [4.78, 5) is 0. The predicted octanol–water partition coefficient (Wildman–Crippen LogP) is 2.27. The first-order chi connectivity index (χ1) is 3.25. The summed E-state index contributed by atoms with van der Waals surface area (Å²) in [5.74, 6) is 0. The van der Waals surface area contributed by atoms with Crippen LogP contribution in [0.2, 0.25) is 0 Å². The molecule has 8 heavy (non-hydrogen) atoms. The minimum atomic E-state index is -4.43. The minimum Gasteiger partial charge on any atom is -0.253 e. The highest BCUT2D eigenvalue weighted by atomic mass is 36.1. The molecule has 8 heteroatoms. The average Bonchev–Trinajstić information content (AvgIpc) is 1.25. The van der Waals surface area contributed by atoms with Crippen LogP contribution in [0.25, 0.3) is 0 Å². The van der Waals surface area contributed by atoms with Gasteiger partial charge in [0.25, 0.3) is 0 Å². The van der Waals surface area contributed by atoms with Gasteiger partial charge in [-0.2, -0.15) is 8.42 Å². The van der Waals surface area contributed by atoms with E-state index in [1.165, 1.54) is 0 Å². The molecule has 0 atom stereocenters. The molecule has 0 amide bonds. The van der Waals surface area contributed by atoms with E-state index >= 15 is 0 Å². The highest BCUT2D eigenvalue weighted by Gasteiger charge is 2.49. The fraction of sp³-hybridized carbons (Fsp3) is 0. The number of rotatable bonds is 1. The van der Waals surface area contributed by atoms with Gasteiger partial charge in [0.1, 0.15) is 0 Å². The summed E-state index contributed by atoms with van der Waals surface area (Å²) in [6, 6.07) is 0. The van der Waals surface area contributed by atoms with E-state index < -0.39 is 14.3 Å². The van der Waals surface area contributed by atoms with E-state index in [9.17, 15) is 8.42 Å². The Balaban J connectivity index is 4.53. The smallest absolute Gasteiger partial charge is 0.253 e. The number of halogens is 3. The quantitative estimate of drug-likeness (QED) is 0.542. The third kappa shape index (κ3) is 2.67. The molecule has 50 valence electrons. The second-order valence-corrected chi connectivity index (χ2v) is 13.5. The fourth-order valence-electron chi connectivity index (χ4n) is 0. The zero-order valence-corrected chi connectivity index (χ0v) is 7.23. The van der Waals surface area contributed by atoms with Crippen molar-refractivity contribution >= 4 is 48.0 Å². The molecule has 0 saturated carbocycles. The first kappa shape index (κ1) is 9.21. The zero-order valence-electron chi connectivity index (χ0n) is 3.25. The van der Waals surface area contributed by atoms with E-state index in [2.05, 4.69) is 0 Å². The first-order valence-corrected chi connectivity index (χ1v) is 7.75. The highest BCUT2D eigenvalue weighted by molar-refractivity contribution is 8.79. The largest absolute Gasteiger partial charge is 0.449 e. The normalized spacial score (nSPS) is 14.0. The molecule has 0 aliphatic heterocycles. The van der Waals surface area contributed by atoms with Gasteiger partial charge in [0, 0.05) is 0 Å². The van der Waals surface area contributed by atoms with Crippen LogP contribution in [0.5, 0.6) is 0 Å². The Morgan fingerprint density at radius 1 is 1.25 bits per heavy atom. The molecule has 0 aromatic heterocycles. The Labute approximate surface area is 61.1 Å². The van der Waals surface area contributed by atoms with Crippen molar-refractivity contribution in [3.05, 3.63) is 0 Å². The van der Waals surface area contributed by atoms with Crippen LogP contribution in [0.15, 0.2) is 0 Å². The molecule has 0 aliphatic carbocycles. The van der Waals surface area contributed by atoms with Gasteiger partial charge < -0.3 is 0 Å². The second-order valence-electron chi connectivity index (χ2n) is 0.847. The van der Waals surface area contributed by atoms with Crippen molar-refractivity contribution in [2.24, 2.45) is 0 Å². The van der Waals surface area contributed by atoms with Gasteiger partial charge >= 0.3 is 14.3 Å². The summed E-state index contributed by atoms with van der Waals surface area (Å²) in [6.07, 6.45) is 0. The molecule has 0 radical (unpaired) electrons. The van der Waals surface area contributed by atoms with Crippen molar-refractivity contribution in [3.63, 3.8) is 0 Å². The van der Waals surface area contributed by atoms with Crippen molar-refractivity contribution < 1.29 is 13.0 Å². The van der Waals surface area contributed by atoms with Crippen LogP contribution in [0.4, 0.5) is 0 Å². The van der Waals surface area contributed by atoms with E-state index in [-0.39, 0.29) is 0 Å². The van der Waals surface area contributed by atoms with Crippen molar-refractivity contribution in [1.29, 1.82) is 0 Å². The summed E-state index contributed by atoms with van der Waals surface area (Å²) >= 11 is 14.4. The van der Waals surface area contributed by atoms with Gasteiger partial charge in [0.05, 0.1) is 0 Å². The first-order valence-electron chi connectivity index (χ1n) is 1.21. The van der Waals surface area contributed by atoms with Gasteiger partial charge in [-0.3, -0.25) is 4.55 Å². The zero-order chi connectivity index (χ0) is 7.00. The molecule has 0 aromatic rings. The van der Waals surface area contributed by atoms with E-state index in [0.717, 1.165) is 0 Å². The molecule has 0 spiro atoms. The lowest BCUT2D eigenvalue weighted by atomic mass is 15.9. The Morgan fingerprint density at radius 3 is 1.38 bits per heavy atom. The molecule has 3 nitrogen and oxygen atoms in total. The summed E-state index contributed by atoms with van der Waals surface area (Å²) in [5.41, 5.74) is 0. The van der Waals surface area contributed by atoms with E-state index in [1.807, 2.05) is 0 Å². The van der Waals surface area contributed by atoms with Gasteiger partial charge in [-0.25, -0.2) is 0 Å². The molecule has 0 unspecified atom stereocenters. The molecule has 0 aliphatic rings. The molecule has 0 fully saturated rings.